The molecular formula is C16H23N3O2. The molecule has 0 radical (unpaired) electrons. The summed E-state index contributed by atoms with van der Waals surface area (Å²) in [5.74, 6) is 0.580. The van der Waals surface area contributed by atoms with Gasteiger partial charge in [-0.15, -0.1) is 0 Å². The minimum Gasteiger partial charge on any atom is -0.494 e. The maximum Gasteiger partial charge on any atom is 0.321 e. The van der Waals surface area contributed by atoms with Gasteiger partial charge in [-0.3, -0.25) is 0 Å². The van der Waals surface area contributed by atoms with Crippen molar-refractivity contribution in [3.8, 4) is 11.8 Å². The van der Waals surface area contributed by atoms with Crippen LogP contribution in [-0.4, -0.2) is 30.6 Å². The summed E-state index contributed by atoms with van der Waals surface area (Å²) in [7, 11) is 0. The van der Waals surface area contributed by atoms with Crippen LogP contribution in [0.15, 0.2) is 18.2 Å². The van der Waals surface area contributed by atoms with Crippen LogP contribution < -0.4 is 10.1 Å². The summed E-state index contributed by atoms with van der Waals surface area (Å²) in [4.78, 5) is 13.8. The van der Waals surface area contributed by atoms with E-state index < -0.39 is 0 Å². The van der Waals surface area contributed by atoms with Gasteiger partial charge in [-0.05, 0) is 39.3 Å². The van der Waals surface area contributed by atoms with E-state index >= 15 is 0 Å². The fourth-order valence-electron chi connectivity index (χ4n) is 1.92. The average molecular weight is 289 g/mol. The Bertz CT molecular complexity index is 523. The van der Waals surface area contributed by atoms with E-state index in [-0.39, 0.29) is 11.9 Å². The lowest BCUT2D eigenvalue weighted by Gasteiger charge is -2.22. The van der Waals surface area contributed by atoms with Crippen LogP contribution in [0.2, 0.25) is 0 Å². The van der Waals surface area contributed by atoms with Gasteiger partial charge >= 0.3 is 6.03 Å². The van der Waals surface area contributed by atoms with Crippen LogP contribution >= 0.6 is 0 Å². The zero-order valence-corrected chi connectivity index (χ0v) is 13.1. The summed E-state index contributed by atoms with van der Waals surface area (Å²) in [6.45, 7) is 9.14. The number of carbonyl (C=O) groups is 1. The van der Waals surface area contributed by atoms with Gasteiger partial charge in [0.05, 0.1) is 18.6 Å². The van der Waals surface area contributed by atoms with Gasteiger partial charge in [-0.2, -0.15) is 5.26 Å². The molecule has 0 aliphatic heterocycles. The Morgan fingerprint density at radius 1 is 1.48 bits per heavy atom. The summed E-state index contributed by atoms with van der Waals surface area (Å²) in [5, 5.41) is 11.7. The van der Waals surface area contributed by atoms with Gasteiger partial charge in [0.15, 0.2) is 0 Å². The minimum absolute atomic E-state index is 0.187. The molecule has 1 atom stereocenters. The molecule has 0 bridgehead atoms. The number of urea groups is 1. The molecule has 0 aliphatic carbocycles. The van der Waals surface area contributed by atoms with Crippen molar-refractivity contribution in [2.75, 3.05) is 25.0 Å². The molecule has 1 aromatic rings. The highest BCUT2D eigenvalue weighted by Crippen LogP contribution is 2.23. The van der Waals surface area contributed by atoms with Gasteiger partial charge in [0.2, 0.25) is 0 Å². The first kappa shape index (κ1) is 16.8. The number of hydrogen-bond donors (Lipinski definition) is 1. The van der Waals surface area contributed by atoms with Crippen LogP contribution in [0.25, 0.3) is 0 Å². The predicted molar refractivity (Wildman–Crippen MR) is 83.4 cm³/mol. The molecule has 0 heterocycles. The summed E-state index contributed by atoms with van der Waals surface area (Å²) >= 11 is 0. The lowest BCUT2D eigenvalue weighted by atomic mass is 10.2. The van der Waals surface area contributed by atoms with E-state index in [4.69, 9.17) is 10.00 Å². The second-order valence-corrected chi connectivity index (χ2v) is 4.91. The number of nitrogens with zero attached hydrogens (tertiary/aromatic N) is 2. The second kappa shape index (κ2) is 8.15. The van der Waals surface area contributed by atoms with E-state index in [0.29, 0.717) is 25.4 Å². The lowest BCUT2D eigenvalue weighted by molar-refractivity contribution is 0.210. The summed E-state index contributed by atoms with van der Waals surface area (Å²) in [6.07, 6.45) is 0. The Kier molecular flexibility index (Phi) is 6.54. The fraction of sp³-hybridized carbons (Fsp3) is 0.500. The number of aryl methyl sites for hydroxylation is 1. The summed E-state index contributed by atoms with van der Waals surface area (Å²) in [5.41, 5.74) is 1.72. The van der Waals surface area contributed by atoms with Crippen LogP contribution in [0.3, 0.4) is 0 Å². The number of rotatable bonds is 6. The first-order valence-corrected chi connectivity index (χ1v) is 7.20. The zero-order chi connectivity index (χ0) is 15.8. The molecule has 0 aliphatic rings. The van der Waals surface area contributed by atoms with Gasteiger partial charge in [-0.25, -0.2) is 4.79 Å². The molecule has 1 N–H and O–H groups in total. The number of nitrogens with one attached hydrogen (secondary N) is 1. The largest absolute Gasteiger partial charge is 0.494 e. The minimum atomic E-state index is -0.203. The van der Waals surface area contributed by atoms with Crippen molar-refractivity contribution in [3.05, 3.63) is 23.8 Å². The summed E-state index contributed by atoms with van der Waals surface area (Å²) < 4.78 is 5.52. The Hall–Kier alpha value is -2.22. The molecule has 1 aromatic carbocycles. The van der Waals surface area contributed by atoms with Crippen LogP contribution in [0.5, 0.6) is 5.75 Å². The third kappa shape index (κ3) is 4.99. The normalized spacial score (nSPS) is 11.4. The zero-order valence-electron chi connectivity index (χ0n) is 13.1. The van der Waals surface area contributed by atoms with E-state index in [1.54, 1.807) is 11.8 Å². The third-order valence-corrected chi connectivity index (χ3v) is 3.12. The third-order valence-electron chi connectivity index (χ3n) is 3.12. The van der Waals surface area contributed by atoms with Crippen LogP contribution in [-0.2, 0) is 0 Å². The van der Waals surface area contributed by atoms with Crippen LogP contribution in [0.4, 0.5) is 10.5 Å². The second-order valence-electron chi connectivity index (χ2n) is 4.91. The number of nitriles is 1. The predicted octanol–water partition coefficient (Wildman–Crippen LogP) is 3.41. The number of anilines is 1. The van der Waals surface area contributed by atoms with Gasteiger partial charge in [0.1, 0.15) is 5.75 Å². The fourth-order valence-corrected chi connectivity index (χ4v) is 1.92. The van der Waals surface area contributed by atoms with Crippen molar-refractivity contribution in [1.29, 1.82) is 5.26 Å². The van der Waals surface area contributed by atoms with E-state index in [2.05, 4.69) is 11.4 Å². The Labute approximate surface area is 126 Å². The van der Waals surface area contributed by atoms with Crippen molar-refractivity contribution < 1.29 is 9.53 Å². The van der Waals surface area contributed by atoms with E-state index in [1.165, 1.54) is 0 Å². The van der Waals surface area contributed by atoms with E-state index in [1.807, 2.05) is 39.0 Å². The number of carbonyl (C=O) groups excluding carboxylic acids is 1. The van der Waals surface area contributed by atoms with Gasteiger partial charge in [-0.1, -0.05) is 6.07 Å². The molecule has 114 valence electrons. The number of ether oxygens (including phenoxy) is 1. The molecule has 1 unspecified atom stereocenters. The average Bonchev–Trinajstić information content (AvgIpc) is 2.48. The highest BCUT2D eigenvalue weighted by Gasteiger charge is 2.15. The van der Waals surface area contributed by atoms with Crippen molar-refractivity contribution in [1.82, 2.24) is 4.90 Å². The molecule has 5 heteroatoms. The Morgan fingerprint density at radius 3 is 2.76 bits per heavy atom. The molecule has 0 saturated carbocycles. The quantitative estimate of drug-likeness (QED) is 0.872. The molecule has 0 spiro atoms. The lowest BCUT2D eigenvalue weighted by Crippen LogP contribution is -2.37. The number of benzene rings is 1. The van der Waals surface area contributed by atoms with Gasteiger partial charge in [0.25, 0.3) is 0 Å². The monoisotopic (exact) mass is 289 g/mol. The highest BCUT2D eigenvalue weighted by atomic mass is 16.5. The maximum absolute atomic E-state index is 12.2. The first-order valence-electron chi connectivity index (χ1n) is 7.20. The Balaban J connectivity index is 2.77. The van der Waals surface area contributed by atoms with E-state index in [0.717, 1.165) is 11.3 Å². The van der Waals surface area contributed by atoms with Crippen molar-refractivity contribution in [3.63, 3.8) is 0 Å². The van der Waals surface area contributed by atoms with Crippen molar-refractivity contribution in [2.24, 2.45) is 5.92 Å². The summed E-state index contributed by atoms with van der Waals surface area (Å²) in [6, 6.07) is 7.51. The molecule has 21 heavy (non-hydrogen) atoms. The van der Waals surface area contributed by atoms with Crippen LogP contribution in [0.1, 0.15) is 26.3 Å². The van der Waals surface area contributed by atoms with Gasteiger partial charge < -0.3 is 15.0 Å². The topological polar surface area (TPSA) is 65.4 Å². The number of hydrogen-bond acceptors (Lipinski definition) is 3. The van der Waals surface area contributed by atoms with E-state index in [9.17, 15) is 4.79 Å². The Morgan fingerprint density at radius 2 is 2.19 bits per heavy atom. The molecule has 2 amide bonds. The molecular weight excluding hydrogens is 266 g/mol. The standard InChI is InChI=1S/C16H23N3O2/c1-5-19(11-12(3)10-17)16(20)18-14-8-7-13(4)15(9-14)21-6-2/h7-9,12H,5-6,11H2,1-4H3,(H,18,20). The molecule has 0 saturated heterocycles. The first-order chi connectivity index (χ1) is 10.0. The number of amides is 2. The van der Waals surface area contributed by atoms with Gasteiger partial charge in [0, 0.05) is 24.8 Å². The molecule has 5 nitrogen and oxygen atoms in total. The van der Waals surface area contributed by atoms with Crippen molar-refractivity contribution in [2.45, 2.75) is 27.7 Å². The molecule has 0 fully saturated rings. The smallest absolute Gasteiger partial charge is 0.321 e. The molecule has 0 aromatic heterocycles. The maximum atomic E-state index is 12.2. The van der Waals surface area contributed by atoms with Crippen LogP contribution in [0, 0.1) is 24.2 Å². The molecule has 1 rings (SSSR count). The SMILES string of the molecule is CCOc1cc(NC(=O)N(CC)CC(C)C#N)ccc1C. The highest BCUT2D eigenvalue weighted by molar-refractivity contribution is 5.89. The van der Waals surface area contributed by atoms with Crippen molar-refractivity contribution >= 4 is 11.7 Å².